The Labute approximate surface area is 135 Å². The molecular weight excluding hydrogens is 294 g/mol. The van der Waals surface area contributed by atoms with Crippen molar-refractivity contribution >= 4 is 22.2 Å². The topological polar surface area (TPSA) is 37.0 Å². The largest absolute Gasteiger partial charge is 0.317 e. The second-order valence-corrected chi connectivity index (χ2v) is 8.00. The van der Waals surface area contributed by atoms with E-state index in [1.807, 2.05) is 6.20 Å². The fourth-order valence-corrected chi connectivity index (χ4v) is 5.62. The predicted molar refractivity (Wildman–Crippen MR) is 90.6 cm³/mol. The van der Waals surface area contributed by atoms with Gasteiger partial charge in [0.05, 0.1) is 10.2 Å². The Morgan fingerprint density at radius 2 is 2.10 bits per heavy atom. The summed E-state index contributed by atoms with van der Waals surface area (Å²) >= 11 is 1.70. The second kappa shape index (κ2) is 5.69. The molecule has 0 aromatic carbocycles. The molecule has 3 rings (SSSR count). The summed E-state index contributed by atoms with van der Waals surface area (Å²) in [7, 11) is 4.21. The zero-order valence-electron chi connectivity index (χ0n) is 13.1. The Morgan fingerprint density at radius 3 is 2.71 bits per heavy atom. The molecule has 113 valence electrons. The van der Waals surface area contributed by atoms with Crippen LogP contribution in [0, 0.1) is 5.41 Å². The average molecular weight is 319 g/mol. The van der Waals surface area contributed by atoms with E-state index in [-0.39, 0.29) is 10.6 Å². The molecule has 1 aromatic rings. The van der Waals surface area contributed by atoms with Gasteiger partial charge in [-0.15, -0.1) is 0 Å². The van der Waals surface area contributed by atoms with Crippen molar-refractivity contribution in [1.29, 1.82) is 0 Å². The summed E-state index contributed by atoms with van der Waals surface area (Å²) in [5.74, 6) is 0.512. The average Bonchev–Trinajstić information content (AvgIpc) is 2.69. The molecule has 0 amide bonds. The number of hydrogen-bond donors (Lipinski definition) is 2. The SMILES string of the molecule is CSN[C@]1([Si])c2c(C(C)C)ccnc2CC12CCNCC2. The van der Waals surface area contributed by atoms with Crippen LogP contribution in [-0.4, -0.2) is 34.6 Å². The van der Waals surface area contributed by atoms with Crippen molar-refractivity contribution < 1.29 is 0 Å². The van der Waals surface area contributed by atoms with Gasteiger partial charge in [0.1, 0.15) is 0 Å². The molecule has 3 radical (unpaired) electrons. The van der Waals surface area contributed by atoms with Gasteiger partial charge in [0, 0.05) is 17.1 Å². The fraction of sp³-hybridized carbons (Fsp3) is 0.688. The van der Waals surface area contributed by atoms with E-state index in [9.17, 15) is 0 Å². The molecule has 2 N–H and O–H groups in total. The maximum absolute atomic E-state index is 4.73. The van der Waals surface area contributed by atoms with E-state index in [1.165, 1.54) is 29.7 Å². The number of nitrogens with zero attached hydrogens (tertiary/aromatic N) is 1. The van der Waals surface area contributed by atoms with Gasteiger partial charge in [-0.05, 0) is 67.1 Å². The van der Waals surface area contributed by atoms with Crippen molar-refractivity contribution in [2.24, 2.45) is 5.41 Å². The van der Waals surface area contributed by atoms with Crippen LogP contribution in [0.15, 0.2) is 12.3 Å². The molecule has 3 nitrogen and oxygen atoms in total. The van der Waals surface area contributed by atoms with Crippen molar-refractivity contribution in [3.63, 3.8) is 0 Å². The van der Waals surface area contributed by atoms with Crippen molar-refractivity contribution in [2.75, 3.05) is 19.3 Å². The van der Waals surface area contributed by atoms with E-state index < -0.39 is 0 Å². The van der Waals surface area contributed by atoms with Crippen LogP contribution in [0.5, 0.6) is 0 Å². The predicted octanol–water partition coefficient (Wildman–Crippen LogP) is 2.32. The molecule has 0 saturated carbocycles. The first kappa shape index (κ1) is 15.5. The molecular formula is C16H24N3SSi. The Morgan fingerprint density at radius 1 is 1.38 bits per heavy atom. The van der Waals surface area contributed by atoms with Crippen LogP contribution in [0.1, 0.15) is 49.4 Å². The lowest BCUT2D eigenvalue weighted by molar-refractivity contribution is 0.138. The Balaban J connectivity index is 2.15. The summed E-state index contributed by atoms with van der Waals surface area (Å²) in [5.41, 5.74) is 4.32. The van der Waals surface area contributed by atoms with Crippen LogP contribution in [0.3, 0.4) is 0 Å². The summed E-state index contributed by atoms with van der Waals surface area (Å²) in [6, 6.07) is 2.19. The molecule has 1 aliphatic carbocycles. The minimum atomic E-state index is -0.169. The molecule has 1 spiro atoms. The first-order valence-corrected chi connectivity index (χ1v) is 9.51. The van der Waals surface area contributed by atoms with Gasteiger partial charge in [-0.3, -0.25) is 9.71 Å². The zero-order valence-corrected chi connectivity index (χ0v) is 14.9. The highest BCUT2D eigenvalue weighted by atomic mass is 32.2. The second-order valence-electron chi connectivity index (χ2n) is 6.64. The van der Waals surface area contributed by atoms with Gasteiger partial charge in [-0.1, -0.05) is 25.8 Å². The molecule has 5 heteroatoms. The number of fused-ring (bicyclic) bond motifs is 1. The summed E-state index contributed by atoms with van der Waals surface area (Å²) in [4.78, 5) is 4.73. The molecule has 1 atom stereocenters. The lowest BCUT2D eigenvalue weighted by Gasteiger charge is -2.47. The van der Waals surface area contributed by atoms with Crippen molar-refractivity contribution in [3.05, 3.63) is 29.1 Å². The minimum Gasteiger partial charge on any atom is -0.317 e. The van der Waals surface area contributed by atoms with Gasteiger partial charge in [0.2, 0.25) is 0 Å². The van der Waals surface area contributed by atoms with E-state index in [1.54, 1.807) is 11.9 Å². The van der Waals surface area contributed by atoms with Crippen molar-refractivity contribution in [1.82, 2.24) is 15.0 Å². The first-order valence-electron chi connectivity index (χ1n) is 7.78. The number of aromatic nitrogens is 1. The monoisotopic (exact) mass is 318 g/mol. The van der Waals surface area contributed by atoms with Gasteiger partial charge < -0.3 is 5.32 Å². The number of hydrogen-bond acceptors (Lipinski definition) is 4. The third-order valence-electron chi connectivity index (χ3n) is 5.18. The van der Waals surface area contributed by atoms with Crippen LogP contribution in [0.25, 0.3) is 0 Å². The highest BCUT2D eigenvalue weighted by Crippen LogP contribution is 2.55. The highest BCUT2D eigenvalue weighted by Gasteiger charge is 2.56. The minimum absolute atomic E-state index is 0.169. The van der Waals surface area contributed by atoms with Crippen molar-refractivity contribution in [3.8, 4) is 0 Å². The van der Waals surface area contributed by atoms with Crippen LogP contribution in [-0.2, 0) is 11.6 Å². The summed E-state index contributed by atoms with van der Waals surface area (Å²) in [5, 5.41) is 3.33. The third-order valence-corrected chi connectivity index (χ3v) is 6.77. The maximum atomic E-state index is 4.73. The van der Waals surface area contributed by atoms with E-state index in [0.29, 0.717) is 5.92 Å². The fourth-order valence-electron chi connectivity index (χ4n) is 4.06. The standard InChI is InChI=1S/C16H24N3SSi/c1-11(2)12-4-7-18-13-10-15(5-8-17-9-6-15)16(21,14(12)13)19-20-3/h4,7,11,17,19H,5-6,8-10H2,1-3H3/t16-/m0/s1. The van der Waals surface area contributed by atoms with Gasteiger partial charge in [0.25, 0.3) is 0 Å². The number of pyridine rings is 1. The molecule has 1 fully saturated rings. The van der Waals surface area contributed by atoms with E-state index >= 15 is 0 Å². The van der Waals surface area contributed by atoms with Crippen LogP contribution < -0.4 is 10.0 Å². The molecule has 1 saturated heterocycles. The Kier molecular flexibility index (Phi) is 4.20. The van der Waals surface area contributed by atoms with Gasteiger partial charge in [0.15, 0.2) is 0 Å². The molecule has 2 aliphatic rings. The zero-order chi connectivity index (χ0) is 15.1. The first-order chi connectivity index (χ1) is 10.0. The number of rotatable bonds is 3. The van der Waals surface area contributed by atoms with Crippen LogP contribution >= 0.6 is 11.9 Å². The quantitative estimate of drug-likeness (QED) is 0.662. The lowest BCUT2D eigenvalue weighted by atomic mass is 9.72. The lowest BCUT2D eigenvalue weighted by Crippen LogP contribution is -2.55. The van der Waals surface area contributed by atoms with Crippen molar-refractivity contribution in [2.45, 2.75) is 44.2 Å². The molecule has 0 bridgehead atoms. The van der Waals surface area contributed by atoms with E-state index in [2.05, 4.69) is 46.5 Å². The maximum Gasteiger partial charge on any atom is 0.0613 e. The number of nitrogens with one attached hydrogen (secondary N) is 2. The summed E-state index contributed by atoms with van der Waals surface area (Å²) < 4.78 is 3.70. The van der Waals surface area contributed by atoms with Gasteiger partial charge in [-0.2, -0.15) is 0 Å². The van der Waals surface area contributed by atoms with Gasteiger partial charge >= 0.3 is 0 Å². The summed E-state index contributed by atoms with van der Waals surface area (Å²) in [6.45, 7) is 6.73. The smallest absolute Gasteiger partial charge is 0.0613 e. The van der Waals surface area contributed by atoms with E-state index in [4.69, 9.17) is 4.98 Å². The molecule has 1 aliphatic heterocycles. The highest BCUT2D eigenvalue weighted by molar-refractivity contribution is 7.96. The van der Waals surface area contributed by atoms with E-state index in [0.717, 1.165) is 19.5 Å². The molecule has 21 heavy (non-hydrogen) atoms. The molecule has 2 heterocycles. The normalized spacial score (nSPS) is 27.3. The Hall–Kier alpha value is -0.363. The van der Waals surface area contributed by atoms with Gasteiger partial charge in [-0.25, -0.2) is 0 Å². The van der Waals surface area contributed by atoms with Crippen LogP contribution in [0.2, 0.25) is 0 Å². The number of piperidine rings is 1. The third kappa shape index (κ3) is 2.29. The molecule has 0 unspecified atom stereocenters. The van der Waals surface area contributed by atoms with Crippen LogP contribution in [0.4, 0.5) is 0 Å². The Bertz CT molecular complexity index is 528. The molecule has 1 aromatic heterocycles. The summed E-state index contributed by atoms with van der Waals surface area (Å²) in [6.07, 6.45) is 7.53.